The van der Waals surface area contributed by atoms with Crippen LogP contribution in [0.15, 0.2) is 53.1 Å². The maximum atomic E-state index is 12.1. The van der Waals surface area contributed by atoms with E-state index >= 15 is 0 Å². The minimum Gasteiger partial charge on any atom is -0.618 e. The Morgan fingerprint density at radius 3 is 2.48 bits per heavy atom. The Morgan fingerprint density at radius 2 is 1.86 bits per heavy atom. The molecule has 2 rings (SSSR count). The fourth-order valence-corrected chi connectivity index (χ4v) is 1.97. The molecule has 108 valence electrons. The predicted molar refractivity (Wildman–Crippen MR) is 78.8 cm³/mol. The number of Topliss-reactive ketones (excluding diaryl/α,β-unsaturated/α-hetero) is 1. The van der Waals surface area contributed by atoms with Crippen molar-refractivity contribution in [2.45, 2.75) is 13.0 Å². The van der Waals surface area contributed by atoms with Crippen LogP contribution in [0.25, 0.3) is 0 Å². The molecular weight excluding hydrogens is 338 g/mol. The van der Waals surface area contributed by atoms with E-state index in [1.54, 1.807) is 30.3 Å². The Labute approximate surface area is 129 Å². The first-order valence-corrected chi connectivity index (χ1v) is 6.97. The lowest BCUT2D eigenvalue weighted by Crippen LogP contribution is -2.36. The number of esters is 1. The van der Waals surface area contributed by atoms with E-state index in [0.29, 0.717) is 10.3 Å². The molecule has 0 aliphatic heterocycles. The van der Waals surface area contributed by atoms with Gasteiger partial charge in [-0.3, -0.25) is 4.79 Å². The van der Waals surface area contributed by atoms with Crippen molar-refractivity contribution in [3.63, 3.8) is 0 Å². The highest BCUT2D eigenvalue weighted by atomic mass is 79.9. The summed E-state index contributed by atoms with van der Waals surface area (Å²) in [6, 6.07) is 11.1. The van der Waals surface area contributed by atoms with Crippen LogP contribution < -0.4 is 4.73 Å². The fourth-order valence-electron chi connectivity index (χ4n) is 1.71. The zero-order valence-corrected chi connectivity index (χ0v) is 12.7. The molecule has 0 amide bonds. The van der Waals surface area contributed by atoms with Crippen molar-refractivity contribution in [1.82, 2.24) is 0 Å². The van der Waals surface area contributed by atoms with Gasteiger partial charge in [-0.25, -0.2) is 4.79 Å². The van der Waals surface area contributed by atoms with Crippen molar-refractivity contribution in [3.8, 4) is 0 Å². The lowest BCUT2D eigenvalue weighted by Gasteiger charge is -2.12. The highest BCUT2D eigenvalue weighted by molar-refractivity contribution is 9.10. The van der Waals surface area contributed by atoms with Crippen molar-refractivity contribution >= 4 is 27.7 Å². The number of ketones is 1. The Bertz CT molecular complexity index is 670. The molecule has 1 aromatic heterocycles. The number of halogens is 1. The number of aromatic nitrogens is 1. The molecule has 5 nitrogen and oxygen atoms in total. The van der Waals surface area contributed by atoms with Crippen molar-refractivity contribution in [1.29, 1.82) is 0 Å². The molecule has 2 aromatic rings. The van der Waals surface area contributed by atoms with Gasteiger partial charge in [0.1, 0.15) is 0 Å². The Morgan fingerprint density at radius 1 is 1.19 bits per heavy atom. The summed E-state index contributed by atoms with van der Waals surface area (Å²) in [5.41, 5.74) is 0.273. The quantitative estimate of drug-likeness (QED) is 0.368. The molecule has 1 heterocycles. The third-order valence-corrected chi connectivity index (χ3v) is 3.34. The Balaban J connectivity index is 2.09. The number of ether oxygens (including phenoxy) is 1. The number of carbonyl (C=O) groups is 2. The summed E-state index contributed by atoms with van der Waals surface area (Å²) in [7, 11) is 0. The smallest absolute Gasteiger partial charge is 0.405 e. The second kappa shape index (κ2) is 6.49. The van der Waals surface area contributed by atoms with Gasteiger partial charge in [0.05, 0.1) is 0 Å². The zero-order valence-electron chi connectivity index (χ0n) is 11.2. The van der Waals surface area contributed by atoms with Crippen molar-refractivity contribution < 1.29 is 19.1 Å². The number of rotatable bonds is 4. The van der Waals surface area contributed by atoms with E-state index in [2.05, 4.69) is 15.9 Å². The molecule has 0 unspecified atom stereocenters. The second-order valence-electron chi connectivity index (χ2n) is 4.33. The summed E-state index contributed by atoms with van der Waals surface area (Å²) in [5, 5.41) is 11.4. The van der Waals surface area contributed by atoms with Gasteiger partial charge in [0.15, 0.2) is 12.3 Å². The zero-order chi connectivity index (χ0) is 15.4. The van der Waals surface area contributed by atoms with Crippen LogP contribution in [0, 0.1) is 5.21 Å². The van der Waals surface area contributed by atoms with E-state index in [4.69, 9.17) is 4.74 Å². The molecule has 1 aromatic carbocycles. The van der Waals surface area contributed by atoms with E-state index in [1.807, 2.05) is 0 Å². The molecule has 0 spiro atoms. The van der Waals surface area contributed by atoms with E-state index in [9.17, 15) is 14.8 Å². The maximum absolute atomic E-state index is 12.1. The number of hydrogen-bond acceptors (Lipinski definition) is 4. The van der Waals surface area contributed by atoms with Crippen LogP contribution in [0.5, 0.6) is 0 Å². The van der Waals surface area contributed by atoms with E-state index in [-0.39, 0.29) is 11.5 Å². The number of benzene rings is 1. The fraction of sp³-hybridized carbons (Fsp3) is 0.133. The van der Waals surface area contributed by atoms with Gasteiger partial charge in [0.25, 0.3) is 0 Å². The van der Waals surface area contributed by atoms with Gasteiger partial charge in [0, 0.05) is 22.2 Å². The van der Waals surface area contributed by atoms with Crippen LogP contribution in [-0.2, 0) is 4.74 Å². The summed E-state index contributed by atoms with van der Waals surface area (Å²) in [5.74, 6) is -1.16. The van der Waals surface area contributed by atoms with Gasteiger partial charge < -0.3 is 9.94 Å². The molecule has 21 heavy (non-hydrogen) atoms. The minimum atomic E-state index is -0.973. The monoisotopic (exact) mass is 349 g/mol. The van der Waals surface area contributed by atoms with Gasteiger partial charge in [-0.05, 0) is 25.1 Å². The third-order valence-electron chi connectivity index (χ3n) is 2.82. The lowest BCUT2D eigenvalue weighted by molar-refractivity contribution is -0.608. The molecular formula is C15H12BrNO4. The predicted octanol–water partition coefficient (Wildman–Crippen LogP) is 2.51. The van der Waals surface area contributed by atoms with Gasteiger partial charge in [-0.2, -0.15) is 4.73 Å². The number of nitrogens with zero attached hydrogens (tertiary/aromatic N) is 1. The molecule has 0 bridgehead atoms. The van der Waals surface area contributed by atoms with Crippen LogP contribution >= 0.6 is 15.9 Å². The molecule has 0 radical (unpaired) electrons. The minimum absolute atomic E-state index is 0.159. The first-order chi connectivity index (χ1) is 9.99. The Hall–Kier alpha value is -2.21. The van der Waals surface area contributed by atoms with Gasteiger partial charge >= 0.3 is 11.7 Å². The molecule has 1 atom stereocenters. The van der Waals surface area contributed by atoms with Gasteiger partial charge in [-0.15, -0.1) is 0 Å². The summed E-state index contributed by atoms with van der Waals surface area (Å²) >= 11 is 3.28. The molecule has 0 N–H and O–H groups in total. The average Bonchev–Trinajstić information content (AvgIpc) is 2.47. The molecule has 0 aliphatic rings. The summed E-state index contributed by atoms with van der Waals surface area (Å²) < 4.78 is 6.29. The Kier molecular flexibility index (Phi) is 4.70. The number of hydrogen-bond donors (Lipinski definition) is 0. The van der Waals surface area contributed by atoms with E-state index < -0.39 is 12.1 Å². The molecule has 0 saturated carbocycles. The summed E-state index contributed by atoms with van der Waals surface area (Å²) in [6.45, 7) is 1.47. The summed E-state index contributed by atoms with van der Waals surface area (Å²) in [6.07, 6.45) is 0.219. The van der Waals surface area contributed by atoms with Gasteiger partial charge in [-0.1, -0.05) is 28.1 Å². The van der Waals surface area contributed by atoms with Crippen LogP contribution in [-0.4, -0.2) is 17.9 Å². The molecule has 6 heteroatoms. The van der Waals surface area contributed by atoms with Crippen LogP contribution in [0.3, 0.4) is 0 Å². The van der Waals surface area contributed by atoms with E-state index in [1.165, 1.54) is 25.3 Å². The topological polar surface area (TPSA) is 70.3 Å². The number of carbonyl (C=O) groups excluding carboxylic acids is 2. The summed E-state index contributed by atoms with van der Waals surface area (Å²) in [4.78, 5) is 24.0. The molecule has 0 saturated heterocycles. The average molecular weight is 350 g/mol. The normalized spacial score (nSPS) is 11.7. The molecule has 0 aliphatic carbocycles. The first-order valence-electron chi connectivity index (χ1n) is 6.18. The largest absolute Gasteiger partial charge is 0.618 e. The van der Waals surface area contributed by atoms with Crippen LogP contribution in [0.4, 0.5) is 0 Å². The SMILES string of the molecule is C[C@H](OC(=O)c1cccc[n+]1[O-])C(=O)c1ccc(Br)cc1. The van der Waals surface area contributed by atoms with E-state index in [0.717, 1.165) is 4.47 Å². The third kappa shape index (κ3) is 3.66. The highest BCUT2D eigenvalue weighted by Crippen LogP contribution is 2.13. The first kappa shape index (κ1) is 15.2. The van der Waals surface area contributed by atoms with Crippen LogP contribution in [0.2, 0.25) is 0 Å². The van der Waals surface area contributed by atoms with Crippen molar-refractivity contribution in [2.75, 3.05) is 0 Å². The second-order valence-corrected chi connectivity index (χ2v) is 5.25. The van der Waals surface area contributed by atoms with Gasteiger partial charge in [0.2, 0.25) is 5.78 Å². The van der Waals surface area contributed by atoms with Crippen molar-refractivity contribution in [3.05, 3.63) is 69.6 Å². The highest BCUT2D eigenvalue weighted by Gasteiger charge is 2.24. The van der Waals surface area contributed by atoms with Crippen LogP contribution in [0.1, 0.15) is 27.8 Å². The molecule has 0 fully saturated rings. The standard InChI is InChI=1S/C15H12BrNO4/c1-10(14(18)11-5-7-12(16)8-6-11)21-15(19)13-4-2-3-9-17(13)20/h2-10H,1H3/t10-/m0/s1. The lowest BCUT2D eigenvalue weighted by atomic mass is 10.1. The van der Waals surface area contributed by atoms with Crippen molar-refractivity contribution in [2.24, 2.45) is 0 Å². The maximum Gasteiger partial charge on any atom is 0.405 e. The number of pyridine rings is 1.